The number of carbonyl (C=O) groups is 1. The molecular weight excluding hydrogens is 378 g/mol. The van der Waals surface area contributed by atoms with Gasteiger partial charge in [0.05, 0.1) is 10.5 Å². The van der Waals surface area contributed by atoms with Crippen LogP contribution < -0.4 is 0 Å². The molecule has 1 heterocycles. The van der Waals surface area contributed by atoms with Crippen molar-refractivity contribution in [3.63, 3.8) is 0 Å². The number of hydrogen-bond acceptors (Lipinski definition) is 5. The third-order valence-corrected chi connectivity index (χ3v) is 5.87. The molecule has 0 aromatic heterocycles. The number of sulfone groups is 1. The monoisotopic (exact) mass is 409 g/mol. The van der Waals surface area contributed by atoms with Gasteiger partial charge in [-0.3, -0.25) is 0 Å². The summed E-state index contributed by atoms with van der Waals surface area (Å²) in [7, 11) is -3.18. The summed E-state index contributed by atoms with van der Waals surface area (Å²) in [6.07, 6.45) is 7.15. The van der Waals surface area contributed by atoms with Crippen molar-refractivity contribution in [2.24, 2.45) is 0 Å². The third-order valence-electron chi connectivity index (χ3n) is 4.74. The fourth-order valence-corrected chi connectivity index (χ4v) is 3.71. The van der Waals surface area contributed by atoms with E-state index in [0.29, 0.717) is 43.7 Å². The molecule has 28 heavy (non-hydrogen) atoms. The predicted molar refractivity (Wildman–Crippen MR) is 110 cm³/mol. The summed E-state index contributed by atoms with van der Waals surface area (Å²) < 4.78 is 28.3. The van der Waals surface area contributed by atoms with Crippen LogP contribution in [0.25, 0.3) is 6.08 Å². The predicted octanol–water partition coefficient (Wildman–Crippen LogP) is 3.65. The number of rotatable bonds is 5. The minimum absolute atomic E-state index is 0.302. The average Bonchev–Trinajstić information content (AvgIpc) is 2.57. The molecule has 1 aliphatic heterocycles. The van der Waals surface area contributed by atoms with E-state index in [1.54, 1.807) is 29.2 Å². The normalized spacial score (nSPS) is 17.7. The van der Waals surface area contributed by atoms with Crippen LogP contribution in [0.15, 0.2) is 35.2 Å². The second kappa shape index (κ2) is 8.66. The fourth-order valence-electron chi connectivity index (χ4n) is 3.08. The van der Waals surface area contributed by atoms with Gasteiger partial charge in [0.2, 0.25) is 0 Å². The molecule has 2 rings (SSSR count). The lowest BCUT2D eigenvalue weighted by atomic mass is 9.87. The van der Waals surface area contributed by atoms with Gasteiger partial charge in [0.15, 0.2) is 9.84 Å². The summed E-state index contributed by atoms with van der Waals surface area (Å²) >= 11 is 0. The van der Waals surface area contributed by atoms with Gasteiger partial charge in [-0.05, 0) is 64.2 Å². The Kier molecular flexibility index (Phi) is 6.93. The SMILES string of the molecule is CC(C)(C)OC(=O)N1CCC(O)(CCC=Cc2ccc(S(C)(=O)=O)cc2)CC1. The number of amides is 1. The third kappa shape index (κ3) is 6.95. The maximum Gasteiger partial charge on any atom is 0.410 e. The minimum atomic E-state index is -3.18. The second-order valence-corrected chi connectivity index (χ2v) is 10.5. The van der Waals surface area contributed by atoms with Crippen LogP contribution in [0, 0.1) is 0 Å². The van der Waals surface area contributed by atoms with E-state index < -0.39 is 21.0 Å². The number of allylic oxidation sites excluding steroid dienone is 1. The number of aliphatic hydroxyl groups is 1. The Bertz CT molecular complexity index is 798. The van der Waals surface area contributed by atoms with Crippen molar-refractivity contribution in [3.05, 3.63) is 35.9 Å². The number of piperidine rings is 1. The van der Waals surface area contributed by atoms with Crippen LogP contribution in [-0.4, -0.2) is 55.1 Å². The van der Waals surface area contributed by atoms with E-state index in [1.165, 1.54) is 6.26 Å². The van der Waals surface area contributed by atoms with Gasteiger partial charge < -0.3 is 14.7 Å². The van der Waals surface area contributed by atoms with Crippen molar-refractivity contribution in [2.75, 3.05) is 19.3 Å². The molecule has 1 amide bonds. The number of ether oxygens (including phenoxy) is 1. The molecule has 1 aliphatic rings. The van der Waals surface area contributed by atoms with Crippen LogP contribution in [0.1, 0.15) is 52.0 Å². The van der Waals surface area contributed by atoms with E-state index in [2.05, 4.69) is 0 Å². The van der Waals surface area contributed by atoms with Gasteiger partial charge in [0, 0.05) is 19.3 Å². The topological polar surface area (TPSA) is 83.9 Å². The molecule has 0 radical (unpaired) electrons. The molecule has 1 fully saturated rings. The molecule has 6 nitrogen and oxygen atoms in total. The maximum atomic E-state index is 12.1. The molecule has 0 unspecified atom stereocenters. The van der Waals surface area contributed by atoms with Gasteiger partial charge >= 0.3 is 6.09 Å². The fraction of sp³-hybridized carbons (Fsp3) is 0.571. The van der Waals surface area contributed by atoms with Gasteiger partial charge in [-0.25, -0.2) is 13.2 Å². The van der Waals surface area contributed by atoms with Crippen molar-refractivity contribution < 1.29 is 23.1 Å². The van der Waals surface area contributed by atoms with Gasteiger partial charge in [-0.15, -0.1) is 0 Å². The highest BCUT2D eigenvalue weighted by Crippen LogP contribution is 2.28. The summed E-state index contributed by atoms with van der Waals surface area (Å²) in [5, 5.41) is 10.7. The molecular formula is C21H31NO5S. The van der Waals surface area contributed by atoms with E-state index in [9.17, 15) is 18.3 Å². The summed E-state index contributed by atoms with van der Waals surface area (Å²) in [4.78, 5) is 14.1. The van der Waals surface area contributed by atoms with E-state index in [-0.39, 0.29) is 6.09 Å². The summed E-state index contributed by atoms with van der Waals surface area (Å²) in [6.45, 7) is 6.49. The van der Waals surface area contributed by atoms with Crippen molar-refractivity contribution >= 4 is 22.0 Å². The lowest BCUT2D eigenvalue weighted by Crippen LogP contribution is -2.48. The highest BCUT2D eigenvalue weighted by Gasteiger charge is 2.34. The molecule has 1 N–H and O–H groups in total. The largest absolute Gasteiger partial charge is 0.444 e. The molecule has 7 heteroatoms. The maximum absolute atomic E-state index is 12.1. The van der Waals surface area contributed by atoms with E-state index >= 15 is 0 Å². The second-order valence-electron chi connectivity index (χ2n) is 8.47. The Morgan fingerprint density at radius 3 is 2.29 bits per heavy atom. The van der Waals surface area contributed by atoms with E-state index in [1.807, 2.05) is 32.9 Å². The highest BCUT2D eigenvalue weighted by molar-refractivity contribution is 7.90. The lowest BCUT2D eigenvalue weighted by molar-refractivity contribution is -0.0359. The summed E-state index contributed by atoms with van der Waals surface area (Å²) in [6, 6.07) is 6.71. The molecule has 0 aliphatic carbocycles. The molecule has 1 saturated heterocycles. The van der Waals surface area contributed by atoms with Gasteiger partial charge in [0.25, 0.3) is 0 Å². The van der Waals surface area contributed by atoms with Crippen LogP contribution in [-0.2, 0) is 14.6 Å². The molecule has 0 atom stereocenters. The Hall–Kier alpha value is -1.86. The zero-order valence-electron chi connectivity index (χ0n) is 17.1. The van der Waals surface area contributed by atoms with Crippen LogP contribution in [0.3, 0.4) is 0 Å². The van der Waals surface area contributed by atoms with E-state index in [4.69, 9.17) is 4.74 Å². The minimum Gasteiger partial charge on any atom is -0.444 e. The number of carbonyl (C=O) groups excluding carboxylic acids is 1. The van der Waals surface area contributed by atoms with Crippen molar-refractivity contribution in [2.45, 2.75) is 62.6 Å². The lowest BCUT2D eigenvalue weighted by Gasteiger charge is -2.38. The smallest absolute Gasteiger partial charge is 0.410 e. The Balaban J connectivity index is 1.80. The van der Waals surface area contributed by atoms with Gasteiger partial charge in [-0.1, -0.05) is 24.3 Å². The molecule has 0 bridgehead atoms. The molecule has 156 valence electrons. The summed E-state index contributed by atoms with van der Waals surface area (Å²) in [5.41, 5.74) is -0.378. The molecule has 0 saturated carbocycles. The molecule has 1 aromatic rings. The summed E-state index contributed by atoms with van der Waals surface area (Å²) in [5.74, 6) is 0. The number of likely N-dealkylation sites (tertiary alicyclic amines) is 1. The van der Waals surface area contributed by atoms with Crippen LogP contribution in [0.5, 0.6) is 0 Å². The van der Waals surface area contributed by atoms with Crippen molar-refractivity contribution in [3.8, 4) is 0 Å². The Morgan fingerprint density at radius 2 is 1.79 bits per heavy atom. The first kappa shape index (κ1) is 22.4. The first-order valence-electron chi connectivity index (χ1n) is 9.55. The highest BCUT2D eigenvalue weighted by atomic mass is 32.2. The van der Waals surface area contributed by atoms with Gasteiger partial charge in [0.1, 0.15) is 5.60 Å². The van der Waals surface area contributed by atoms with Crippen molar-refractivity contribution in [1.29, 1.82) is 0 Å². The standard InChI is InChI=1S/C21H31NO5S/c1-20(2,3)27-19(23)22-15-13-21(24,14-16-22)12-6-5-7-17-8-10-18(11-9-17)28(4,25)26/h5,7-11,24H,6,12-16H2,1-4H3. The first-order valence-corrected chi connectivity index (χ1v) is 11.4. The molecule has 1 aromatic carbocycles. The Labute approximate surface area is 168 Å². The van der Waals surface area contributed by atoms with Gasteiger partial charge in [-0.2, -0.15) is 0 Å². The Morgan fingerprint density at radius 1 is 1.21 bits per heavy atom. The van der Waals surface area contributed by atoms with Crippen LogP contribution >= 0.6 is 0 Å². The zero-order valence-corrected chi connectivity index (χ0v) is 18.0. The van der Waals surface area contributed by atoms with E-state index in [0.717, 1.165) is 5.56 Å². The van der Waals surface area contributed by atoms with Crippen LogP contribution in [0.2, 0.25) is 0 Å². The quantitative estimate of drug-likeness (QED) is 0.803. The number of benzene rings is 1. The first-order chi connectivity index (χ1) is 12.9. The zero-order chi connectivity index (χ0) is 21.0. The average molecular weight is 410 g/mol. The number of nitrogens with zero attached hydrogens (tertiary/aromatic N) is 1. The molecule has 0 spiro atoms. The van der Waals surface area contributed by atoms with Crippen molar-refractivity contribution in [1.82, 2.24) is 4.90 Å². The number of hydrogen-bond donors (Lipinski definition) is 1. The van der Waals surface area contributed by atoms with Crippen LogP contribution in [0.4, 0.5) is 4.79 Å².